The highest BCUT2D eigenvalue weighted by Gasteiger charge is 2.10. The smallest absolute Gasteiger partial charge is 0.304 e. The number of unbranched alkanes of at least 4 members (excludes halogenated alkanes) is 1. The van der Waals surface area contributed by atoms with Gasteiger partial charge in [-0.25, -0.2) is 0 Å². The summed E-state index contributed by atoms with van der Waals surface area (Å²) >= 11 is 1.87. The van der Waals surface area contributed by atoms with E-state index in [0.29, 0.717) is 12.6 Å². The van der Waals surface area contributed by atoms with Crippen molar-refractivity contribution in [1.82, 2.24) is 4.90 Å². The lowest BCUT2D eigenvalue weighted by Crippen LogP contribution is -2.33. The minimum atomic E-state index is -0.704. The molecule has 0 aromatic rings. The maximum absolute atomic E-state index is 10.5. The van der Waals surface area contributed by atoms with E-state index in [2.05, 4.69) is 25.0 Å². The van der Waals surface area contributed by atoms with Crippen LogP contribution in [-0.4, -0.2) is 47.1 Å². The molecule has 3 nitrogen and oxygen atoms in total. The monoisotopic (exact) mass is 233 g/mol. The Morgan fingerprint density at radius 3 is 2.47 bits per heavy atom. The molecule has 0 heterocycles. The summed E-state index contributed by atoms with van der Waals surface area (Å²) in [6.07, 6.45) is 4.75. The van der Waals surface area contributed by atoms with E-state index in [0.717, 1.165) is 6.54 Å². The molecule has 0 bridgehead atoms. The number of carbonyl (C=O) groups is 1. The SMILES string of the molecule is CSCCCCN(CCC(=O)O)C(C)C. The Morgan fingerprint density at radius 2 is 2.00 bits per heavy atom. The topological polar surface area (TPSA) is 40.5 Å². The van der Waals surface area contributed by atoms with Gasteiger partial charge in [0.2, 0.25) is 0 Å². The van der Waals surface area contributed by atoms with Gasteiger partial charge in [0.25, 0.3) is 0 Å². The second-order valence-corrected chi connectivity index (χ2v) is 4.96. The number of thioether (sulfide) groups is 1. The van der Waals surface area contributed by atoms with E-state index >= 15 is 0 Å². The van der Waals surface area contributed by atoms with Gasteiger partial charge in [0.15, 0.2) is 0 Å². The van der Waals surface area contributed by atoms with Crippen molar-refractivity contribution in [2.75, 3.05) is 25.1 Å². The van der Waals surface area contributed by atoms with Crippen LogP contribution in [0.5, 0.6) is 0 Å². The van der Waals surface area contributed by atoms with Gasteiger partial charge >= 0.3 is 5.97 Å². The summed E-state index contributed by atoms with van der Waals surface area (Å²) in [6, 6.07) is 0.443. The predicted octanol–water partition coefficient (Wildman–Crippen LogP) is 2.31. The Labute approximate surface area is 97.2 Å². The molecule has 0 aromatic heterocycles. The Hall–Kier alpha value is -0.220. The Bertz CT molecular complexity index is 174. The van der Waals surface area contributed by atoms with E-state index in [4.69, 9.17) is 5.11 Å². The number of rotatable bonds is 9. The second kappa shape index (κ2) is 9.04. The predicted molar refractivity (Wildman–Crippen MR) is 66.6 cm³/mol. The fourth-order valence-corrected chi connectivity index (χ4v) is 1.92. The highest BCUT2D eigenvalue weighted by Crippen LogP contribution is 2.05. The number of carboxylic acids is 1. The van der Waals surface area contributed by atoms with E-state index in [9.17, 15) is 4.79 Å². The summed E-state index contributed by atoms with van der Waals surface area (Å²) in [7, 11) is 0. The van der Waals surface area contributed by atoms with Crippen LogP contribution in [0.25, 0.3) is 0 Å². The van der Waals surface area contributed by atoms with Crippen molar-refractivity contribution >= 4 is 17.7 Å². The van der Waals surface area contributed by atoms with E-state index in [1.165, 1.54) is 18.6 Å². The molecular weight excluding hydrogens is 210 g/mol. The number of nitrogens with zero attached hydrogens (tertiary/aromatic N) is 1. The van der Waals surface area contributed by atoms with Crippen LogP contribution in [0.3, 0.4) is 0 Å². The minimum absolute atomic E-state index is 0.251. The minimum Gasteiger partial charge on any atom is -0.481 e. The Balaban J connectivity index is 3.68. The molecule has 0 fully saturated rings. The average molecular weight is 233 g/mol. The number of carboxylic acid groups (broad SMARTS) is 1. The van der Waals surface area contributed by atoms with Gasteiger partial charge < -0.3 is 10.0 Å². The fourth-order valence-electron chi connectivity index (χ4n) is 1.43. The van der Waals surface area contributed by atoms with Crippen molar-refractivity contribution in [2.45, 2.75) is 39.2 Å². The lowest BCUT2D eigenvalue weighted by molar-refractivity contribution is -0.137. The molecular formula is C11H23NO2S. The second-order valence-electron chi connectivity index (χ2n) is 3.97. The molecule has 0 radical (unpaired) electrons. The van der Waals surface area contributed by atoms with Crippen molar-refractivity contribution in [3.8, 4) is 0 Å². The summed E-state index contributed by atoms with van der Waals surface area (Å²) in [4.78, 5) is 12.7. The molecule has 0 rings (SSSR count). The first-order valence-corrected chi connectivity index (χ1v) is 6.92. The molecule has 0 saturated heterocycles. The number of hydrogen-bond acceptors (Lipinski definition) is 3. The third-order valence-corrected chi connectivity index (χ3v) is 3.08. The third-order valence-electron chi connectivity index (χ3n) is 2.39. The summed E-state index contributed by atoms with van der Waals surface area (Å²) in [5, 5.41) is 8.62. The maximum atomic E-state index is 10.5. The van der Waals surface area contributed by atoms with Gasteiger partial charge in [0.1, 0.15) is 0 Å². The van der Waals surface area contributed by atoms with E-state index < -0.39 is 5.97 Å². The van der Waals surface area contributed by atoms with Crippen LogP contribution >= 0.6 is 11.8 Å². The van der Waals surface area contributed by atoms with Gasteiger partial charge in [0.05, 0.1) is 6.42 Å². The zero-order valence-electron chi connectivity index (χ0n) is 10.0. The standard InChI is InChI=1S/C11H23NO2S/c1-10(2)12(8-6-11(13)14)7-4-5-9-15-3/h10H,4-9H2,1-3H3,(H,13,14). The summed E-state index contributed by atoms with van der Waals surface area (Å²) in [5.74, 6) is 0.495. The molecule has 0 spiro atoms. The molecule has 0 amide bonds. The molecule has 15 heavy (non-hydrogen) atoms. The number of aliphatic carboxylic acids is 1. The quantitative estimate of drug-likeness (QED) is 0.620. The molecule has 4 heteroatoms. The zero-order valence-corrected chi connectivity index (χ0v) is 10.8. The van der Waals surface area contributed by atoms with Gasteiger partial charge in [0, 0.05) is 12.6 Å². The van der Waals surface area contributed by atoms with E-state index in [1.54, 1.807) is 0 Å². The van der Waals surface area contributed by atoms with Crippen molar-refractivity contribution in [3.63, 3.8) is 0 Å². The third kappa shape index (κ3) is 8.75. The van der Waals surface area contributed by atoms with Crippen LogP contribution < -0.4 is 0 Å². The first-order valence-electron chi connectivity index (χ1n) is 5.52. The molecule has 0 unspecified atom stereocenters. The highest BCUT2D eigenvalue weighted by molar-refractivity contribution is 7.98. The summed E-state index contributed by atoms with van der Waals surface area (Å²) in [6.45, 7) is 5.94. The first-order chi connectivity index (χ1) is 7.07. The van der Waals surface area contributed by atoms with E-state index in [1.807, 2.05) is 11.8 Å². The van der Waals surface area contributed by atoms with Crippen LogP contribution in [0.2, 0.25) is 0 Å². The molecule has 0 aliphatic rings. The molecule has 0 saturated carbocycles. The van der Waals surface area contributed by atoms with Crippen LogP contribution in [-0.2, 0) is 4.79 Å². The van der Waals surface area contributed by atoms with Crippen LogP contribution in [0.15, 0.2) is 0 Å². The summed E-state index contributed by atoms with van der Waals surface area (Å²) in [5.41, 5.74) is 0. The molecule has 0 aliphatic heterocycles. The van der Waals surface area contributed by atoms with Crippen LogP contribution in [0.4, 0.5) is 0 Å². The zero-order chi connectivity index (χ0) is 11.7. The van der Waals surface area contributed by atoms with Crippen molar-refractivity contribution in [2.24, 2.45) is 0 Å². The highest BCUT2D eigenvalue weighted by atomic mass is 32.2. The molecule has 0 aliphatic carbocycles. The largest absolute Gasteiger partial charge is 0.481 e. The van der Waals surface area contributed by atoms with Gasteiger partial charge in [-0.1, -0.05) is 0 Å². The lowest BCUT2D eigenvalue weighted by atomic mass is 10.2. The van der Waals surface area contributed by atoms with Gasteiger partial charge in [-0.15, -0.1) is 0 Å². The Morgan fingerprint density at radius 1 is 1.33 bits per heavy atom. The maximum Gasteiger partial charge on any atom is 0.304 e. The van der Waals surface area contributed by atoms with Crippen molar-refractivity contribution in [1.29, 1.82) is 0 Å². The van der Waals surface area contributed by atoms with Crippen molar-refractivity contribution in [3.05, 3.63) is 0 Å². The molecule has 0 atom stereocenters. The lowest BCUT2D eigenvalue weighted by Gasteiger charge is -2.25. The fraction of sp³-hybridized carbons (Fsp3) is 0.909. The van der Waals surface area contributed by atoms with Gasteiger partial charge in [-0.05, 0) is 45.2 Å². The first kappa shape index (κ1) is 14.8. The molecule has 0 aromatic carbocycles. The Kier molecular flexibility index (Phi) is 8.91. The average Bonchev–Trinajstić information content (AvgIpc) is 2.15. The van der Waals surface area contributed by atoms with Crippen LogP contribution in [0, 0.1) is 0 Å². The normalized spacial score (nSPS) is 11.3. The van der Waals surface area contributed by atoms with Gasteiger partial charge in [-0.2, -0.15) is 11.8 Å². The summed E-state index contributed by atoms with van der Waals surface area (Å²) < 4.78 is 0. The number of hydrogen-bond donors (Lipinski definition) is 1. The van der Waals surface area contributed by atoms with E-state index in [-0.39, 0.29) is 6.42 Å². The molecule has 90 valence electrons. The van der Waals surface area contributed by atoms with Gasteiger partial charge in [-0.3, -0.25) is 4.79 Å². The van der Waals surface area contributed by atoms with Crippen molar-refractivity contribution < 1.29 is 9.90 Å². The molecule has 1 N–H and O–H groups in total. The van der Waals surface area contributed by atoms with Crippen LogP contribution in [0.1, 0.15) is 33.1 Å².